The maximum Gasteiger partial charge on any atom is 2.00 e. The first-order chi connectivity index (χ1) is 29.4. The zero-order chi connectivity index (χ0) is 40.6. The van der Waals surface area contributed by atoms with E-state index in [-0.39, 0.29) is 21.1 Å². The Bertz CT molecular complexity index is 3420. The number of hydrogen-bond acceptors (Lipinski definition) is 2. The fraction of sp³-hybridized carbons (Fsp3) is 0.127. The second-order valence-corrected chi connectivity index (χ2v) is 16.6. The molecule has 6 heteroatoms. The number of benzene rings is 7. The van der Waals surface area contributed by atoms with E-state index in [9.17, 15) is 0 Å². The van der Waals surface area contributed by atoms with Crippen molar-refractivity contribution >= 4 is 54.6 Å². The number of aromatic nitrogens is 5. The van der Waals surface area contributed by atoms with Gasteiger partial charge in [0.1, 0.15) is 11.6 Å². The number of nitrogens with zero attached hydrogens (tertiary/aromatic N) is 5. The molecule has 4 aromatic heterocycles. The predicted octanol–water partition coefficient (Wildman–Crippen LogP) is 14.1. The summed E-state index contributed by atoms with van der Waals surface area (Å²) in [5, 5.41) is 4.61. The van der Waals surface area contributed by atoms with E-state index in [1.54, 1.807) is 0 Å². The van der Waals surface area contributed by atoms with Gasteiger partial charge >= 0.3 is 21.1 Å². The fourth-order valence-corrected chi connectivity index (χ4v) is 9.49. The molecule has 0 aliphatic rings. The average molecular weight is 969 g/mol. The van der Waals surface area contributed by atoms with Gasteiger partial charge in [-0.15, -0.1) is 34.8 Å². The number of imidazole rings is 1. The SMILES string of the molecule is Cc1cc(-c2c(C(C)C)cccc2C(C)C)cc2c3ccc(-c4cccc5c4nc(-c4cccc6c4[n-]c4ccccc46)n5-c4ccccc4)[c-]c3n(-c3ccccn3)c12.[Pt+2]. The normalized spacial score (nSPS) is 11.9. The Kier molecular flexibility index (Phi) is 9.61. The van der Waals surface area contributed by atoms with E-state index < -0.39 is 0 Å². The number of fused-ring (bicyclic) bond motifs is 7. The molecule has 0 spiro atoms. The summed E-state index contributed by atoms with van der Waals surface area (Å²) < 4.78 is 4.58. The van der Waals surface area contributed by atoms with Gasteiger partial charge in [-0.2, -0.15) is 0 Å². The molecule has 4 heterocycles. The molecule has 5 nitrogen and oxygen atoms in total. The van der Waals surface area contributed by atoms with Crippen molar-refractivity contribution in [3.05, 3.63) is 181 Å². The summed E-state index contributed by atoms with van der Waals surface area (Å²) in [7, 11) is 0. The smallest absolute Gasteiger partial charge is 0.656 e. The van der Waals surface area contributed by atoms with Gasteiger partial charge < -0.3 is 9.55 Å². The summed E-state index contributed by atoms with van der Waals surface area (Å²) in [6.45, 7) is 11.4. The van der Waals surface area contributed by atoms with Crippen molar-refractivity contribution in [2.24, 2.45) is 0 Å². The molecule has 0 aliphatic heterocycles. The van der Waals surface area contributed by atoms with Crippen molar-refractivity contribution < 1.29 is 21.1 Å². The molecule has 0 saturated carbocycles. The van der Waals surface area contributed by atoms with Gasteiger partial charge in [0.2, 0.25) is 0 Å². The third-order valence-electron chi connectivity index (χ3n) is 12.2. The first-order valence-corrected chi connectivity index (χ1v) is 20.9. The van der Waals surface area contributed by atoms with Crippen LogP contribution in [-0.4, -0.2) is 19.1 Å². The molecular formula is C55H43N5Pt. The van der Waals surface area contributed by atoms with Gasteiger partial charge in [0.15, 0.2) is 0 Å². The van der Waals surface area contributed by atoms with Crippen LogP contribution in [0.5, 0.6) is 0 Å². The van der Waals surface area contributed by atoms with Crippen molar-refractivity contribution in [3.8, 4) is 45.1 Å². The van der Waals surface area contributed by atoms with Crippen LogP contribution in [0.3, 0.4) is 0 Å². The monoisotopic (exact) mass is 968 g/mol. The zero-order valence-electron chi connectivity index (χ0n) is 34.7. The maximum atomic E-state index is 5.55. The third-order valence-corrected chi connectivity index (χ3v) is 12.2. The van der Waals surface area contributed by atoms with Gasteiger partial charge in [-0.05, 0) is 105 Å². The number of rotatable bonds is 7. The van der Waals surface area contributed by atoms with Gasteiger partial charge in [-0.1, -0.05) is 142 Å². The van der Waals surface area contributed by atoms with Crippen molar-refractivity contribution in [2.75, 3.05) is 0 Å². The summed E-state index contributed by atoms with van der Waals surface area (Å²) in [4.78, 5) is 15.6. The largest absolute Gasteiger partial charge is 2.00 e. The predicted molar refractivity (Wildman–Crippen MR) is 250 cm³/mol. The number of pyridine rings is 1. The van der Waals surface area contributed by atoms with Gasteiger partial charge in [0.05, 0.1) is 11.0 Å². The molecule has 0 fully saturated rings. The van der Waals surface area contributed by atoms with E-state index in [1.165, 1.54) is 33.2 Å². The number of para-hydroxylation sites is 4. The Hall–Kier alpha value is -6.55. The van der Waals surface area contributed by atoms with Crippen LogP contribution in [0.25, 0.3) is 99.8 Å². The van der Waals surface area contributed by atoms with E-state index in [0.29, 0.717) is 11.8 Å². The molecule has 0 aliphatic carbocycles. The maximum absolute atomic E-state index is 5.55. The molecule has 0 unspecified atom stereocenters. The topological polar surface area (TPSA) is 49.7 Å². The standard InChI is InChI=1S/C55H43N5.Pt/c1-33(2)39-19-13-20-40(34(3)4)51(39)37-30-35(5)54-46(31-37)43-28-27-36(32-49(43)60(54)50-26-11-12-29-56-50)41-21-15-25-48-53(41)58-55(59(48)38-16-7-6-8-17-38)45-23-14-22-44-42-18-9-10-24-47(42)57-52(44)45;/h6-31,33-34H,1-5H3;/q-2;+2. The van der Waals surface area contributed by atoms with Crippen LogP contribution in [0.4, 0.5) is 0 Å². The Labute approximate surface area is 370 Å². The minimum atomic E-state index is 0. The fourth-order valence-electron chi connectivity index (χ4n) is 9.49. The second-order valence-electron chi connectivity index (χ2n) is 16.6. The third kappa shape index (κ3) is 6.17. The minimum Gasteiger partial charge on any atom is -0.656 e. The van der Waals surface area contributed by atoms with Gasteiger partial charge in [-0.3, -0.25) is 4.57 Å². The van der Waals surface area contributed by atoms with Crippen LogP contribution in [0.2, 0.25) is 0 Å². The molecule has 298 valence electrons. The summed E-state index contributed by atoms with van der Waals surface area (Å²) in [5.41, 5.74) is 16.6. The molecule has 0 N–H and O–H groups in total. The van der Waals surface area contributed by atoms with E-state index in [4.69, 9.17) is 15.0 Å². The number of hydrogen-bond donors (Lipinski definition) is 0. The summed E-state index contributed by atoms with van der Waals surface area (Å²) in [5.74, 6) is 2.50. The summed E-state index contributed by atoms with van der Waals surface area (Å²) in [6, 6.07) is 58.0. The zero-order valence-corrected chi connectivity index (χ0v) is 37.0. The molecular weight excluding hydrogens is 926 g/mol. The van der Waals surface area contributed by atoms with Crippen molar-refractivity contribution in [2.45, 2.75) is 46.5 Å². The molecule has 11 rings (SSSR count). The summed E-state index contributed by atoms with van der Waals surface area (Å²) in [6.07, 6.45) is 1.87. The van der Waals surface area contributed by atoms with Crippen LogP contribution in [-0.2, 0) is 21.1 Å². The quantitative estimate of drug-likeness (QED) is 0.150. The molecule has 0 radical (unpaired) electrons. The van der Waals surface area contributed by atoms with Gasteiger partial charge in [0, 0.05) is 23.0 Å². The molecule has 7 aromatic carbocycles. The Balaban J connectivity index is 0.00000445. The first kappa shape index (κ1) is 38.6. The molecule has 0 atom stereocenters. The van der Waals surface area contributed by atoms with Crippen LogP contribution in [0, 0.1) is 13.0 Å². The Morgan fingerprint density at radius 2 is 1.31 bits per heavy atom. The second kappa shape index (κ2) is 15.2. The van der Waals surface area contributed by atoms with Gasteiger partial charge in [0.25, 0.3) is 0 Å². The molecule has 11 aromatic rings. The van der Waals surface area contributed by atoms with Crippen molar-refractivity contribution in [1.29, 1.82) is 0 Å². The van der Waals surface area contributed by atoms with E-state index in [1.807, 2.05) is 12.3 Å². The first-order valence-electron chi connectivity index (χ1n) is 20.9. The van der Waals surface area contributed by atoms with Crippen LogP contribution in [0.1, 0.15) is 56.2 Å². The summed E-state index contributed by atoms with van der Waals surface area (Å²) >= 11 is 0. The van der Waals surface area contributed by atoms with Crippen LogP contribution >= 0.6 is 0 Å². The molecule has 0 saturated heterocycles. The van der Waals surface area contributed by atoms with E-state index in [2.05, 4.69) is 195 Å². The van der Waals surface area contributed by atoms with Crippen molar-refractivity contribution in [1.82, 2.24) is 24.1 Å². The molecule has 0 bridgehead atoms. The average Bonchev–Trinajstić information content (AvgIpc) is 3.96. The van der Waals surface area contributed by atoms with Crippen LogP contribution < -0.4 is 4.98 Å². The van der Waals surface area contributed by atoms with Gasteiger partial charge in [-0.25, -0.2) is 9.97 Å². The van der Waals surface area contributed by atoms with Crippen LogP contribution in [0.15, 0.2) is 158 Å². The molecule has 0 amide bonds. The minimum absolute atomic E-state index is 0. The van der Waals surface area contributed by atoms with E-state index in [0.717, 1.165) is 83.3 Å². The van der Waals surface area contributed by atoms with E-state index >= 15 is 0 Å². The number of aryl methyl sites for hydroxylation is 1. The molecule has 61 heavy (non-hydrogen) atoms. The Morgan fingerprint density at radius 3 is 2.08 bits per heavy atom. The Morgan fingerprint density at radius 1 is 0.607 bits per heavy atom. The van der Waals surface area contributed by atoms with Crippen molar-refractivity contribution in [3.63, 3.8) is 0 Å².